The first-order valence-electron chi connectivity index (χ1n) is 5.83. The number of hydrogen-bond donors (Lipinski definition) is 0. The molecular weight excluding hydrogens is 302 g/mol. The highest BCUT2D eigenvalue weighted by atomic mass is 79.9. The van der Waals surface area contributed by atoms with Gasteiger partial charge in [-0.25, -0.2) is 0 Å². The van der Waals surface area contributed by atoms with Gasteiger partial charge in [0, 0.05) is 19.0 Å². The molecule has 2 rings (SSSR count). The van der Waals surface area contributed by atoms with Crippen molar-refractivity contribution in [2.24, 2.45) is 0 Å². The van der Waals surface area contributed by atoms with Gasteiger partial charge < -0.3 is 9.64 Å². The smallest absolute Gasteiger partial charge is 0.0750 e. The molecule has 17 heavy (non-hydrogen) atoms. The molecule has 2 atom stereocenters. The van der Waals surface area contributed by atoms with E-state index in [9.17, 15) is 0 Å². The Kier molecular flexibility index (Phi) is 4.34. The van der Waals surface area contributed by atoms with Crippen LogP contribution in [0.25, 0.3) is 0 Å². The lowest BCUT2D eigenvalue weighted by molar-refractivity contribution is 0.118. The standard InChI is InChI=1S/C13H17BrClNO/c1-9-12(6-7-17-9)16(2)13-10(8-14)4-3-5-11(13)15/h3-5,9,12H,6-8H2,1-2H3. The zero-order valence-electron chi connectivity index (χ0n) is 10.1. The van der Waals surface area contributed by atoms with Crippen LogP contribution in [0.3, 0.4) is 0 Å². The monoisotopic (exact) mass is 317 g/mol. The van der Waals surface area contributed by atoms with E-state index in [1.54, 1.807) is 0 Å². The van der Waals surface area contributed by atoms with Gasteiger partial charge in [-0.3, -0.25) is 0 Å². The summed E-state index contributed by atoms with van der Waals surface area (Å²) in [7, 11) is 2.10. The van der Waals surface area contributed by atoms with E-state index in [1.807, 2.05) is 12.1 Å². The molecule has 1 aromatic rings. The minimum absolute atomic E-state index is 0.263. The van der Waals surface area contributed by atoms with Gasteiger partial charge in [0.25, 0.3) is 0 Å². The van der Waals surface area contributed by atoms with Crippen molar-refractivity contribution < 1.29 is 4.74 Å². The Labute approximate surface area is 116 Å². The molecule has 1 aliphatic rings. The summed E-state index contributed by atoms with van der Waals surface area (Å²) in [4.78, 5) is 2.26. The Bertz CT molecular complexity index is 399. The number of benzene rings is 1. The predicted octanol–water partition coefficient (Wildman–Crippen LogP) is 3.85. The number of nitrogens with zero attached hydrogens (tertiary/aromatic N) is 1. The Morgan fingerprint density at radius 2 is 2.29 bits per heavy atom. The molecule has 94 valence electrons. The summed E-state index contributed by atoms with van der Waals surface area (Å²) in [5, 5.41) is 1.62. The molecule has 1 fully saturated rings. The van der Waals surface area contributed by atoms with Crippen LogP contribution in [0.4, 0.5) is 5.69 Å². The first-order valence-corrected chi connectivity index (χ1v) is 7.33. The third-order valence-electron chi connectivity index (χ3n) is 3.40. The number of anilines is 1. The Balaban J connectivity index is 2.32. The molecule has 2 unspecified atom stereocenters. The Hall–Kier alpha value is -0.250. The summed E-state index contributed by atoms with van der Waals surface area (Å²) in [6.45, 7) is 2.96. The fraction of sp³-hybridized carbons (Fsp3) is 0.538. The van der Waals surface area contributed by atoms with Crippen LogP contribution in [0.1, 0.15) is 18.9 Å². The van der Waals surface area contributed by atoms with Crippen molar-refractivity contribution in [2.75, 3.05) is 18.6 Å². The van der Waals surface area contributed by atoms with Crippen molar-refractivity contribution in [3.63, 3.8) is 0 Å². The van der Waals surface area contributed by atoms with Gasteiger partial charge in [0.15, 0.2) is 0 Å². The molecule has 0 amide bonds. The summed E-state index contributed by atoms with van der Waals surface area (Å²) < 4.78 is 5.62. The van der Waals surface area contributed by atoms with Gasteiger partial charge >= 0.3 is 0 Å². The maximum absolute atomic E-state index is 6.33. The number of rotatable bonds is 3. The molecule has 0 spiro atoms. The Morgan fingerprint density at radius 1 is 1.53 bits per heavy atom. The number of alkyl halides is 1. The third-order valence-corrected chi connectivity index (χ3v) is 4.31. The van der Waals surface area contributed by atoms with Gasteiger partial charge in [-0.05, 0) is 25.0 Å². The SMILES string of the molecule is CC1OCCC1N(C)c1c(Cl)cccc1CBr. The minimum atomic E-state index is 0.263. The topological polar surface area (TPSA) is 12.5 Å². The molecule has 4 heteroatoms. The van der Waals surface area contributed by atoms with Crippen LogP contribution in [0.5, 0.6) is 0 Å². The lowest BCUT2D eigenvalue weighted by Gasteiger charge is -2.31. The number of halogens is 2. The average Bonchev–Trinajstić information content (AvgIpc) is 2.74. The molecule has 1 saturated heterocycles. The van der Waals surface area contributed by atoms with Crippen LogP contribution in [-0.2, 0) is 10.1 Å². The number of ether oxygens (including phenoxy) is 1. The normalized spacial score (nSPS) is 24.0. The highest BCUT2D eigenvalue weighted by molar-refractivity contribution is 9.08. The maximum atomic E-state index is 6.33. The molecule has 1 aromatic carbocycles. The number of para-hydroxylation sites is 1. The number of likely N-dealkylation sites (N-methyl/N-ethyl adjacent to an activating group) is 1. The molecule has 0 saturated carbocycles. The largest absolute Gasteiger partial charge is 0.376 e. The van der Waals surface area contributed by atoms with Gasteiger partial charge in [0.2, 0.25) is 0 Å². The van der Waals surface area contributed by atoms with Gasteiger partial charge in [-0.15, -0.1) is 0 Å². The van der Waals surface area contributed by atoms with Crippen molar-refractivity contribution in [1.82, 2.24) is 0 Å². The first-order chi connectivity index (χ1) is 8.15. The van der Waals surface area contributed by atoms with E-state index in [2.05, 4.69) is 40.9 Å². The average molecular weight is 319 g/mol. The van der Waals surface area contributed by atoms with Crippen LogP contribution in [0.2, 0.25) is 5.02 Å². The molecule has 0 radical (unpaired) electrons. The van der Waals surface area contributed by atoms with Crippen molar-refractivity contribution >= 4 is 33.2 Å². The van der Waals surface area contributed by atoms with Crippen molar-refractivity contribution in [1.29, 1.82) is 0 Å². The van der Waals surface area contributed by atoms with Crippen LogP contribution >= 0.6 is 27.5 Å². The molecule has 0 bridgehead atoms. The quantitative estimate of drug-likeness (QED) is 0.785. The summed E-state index contributed by atoms with van der Waals surface area (Å²) in [5.41, 5.74) is 2.34. The summed E-state index contributed by atoms with van der Waals surface area (Å²) in [5.74, 6) is 0. The highest BCUT2D eigenvalue weighted by Crippen LogP contribution is 2.34. The van der Waals surface area contributed by atoms with Crippen molar-refractivity contribution in [3.05, 3.63) is 28.8 Å². The van der Waals surface area contributed by atoms with Crippen LogP contribution in [0, 0.1) is 0 Å². The van der Waals surface area contributed by atoms with Crippen LogP contribution in [-0.4, -0.2) is 25.8 Å². The number of hydrogen-bond acceptors (Lipinski definition) is 2. The zero-order valence-corrected chi connectivity index (χ0v) is 12.5. The second-order valence-corrected chi connectivity index (χ2v) is 5.39. The van der Waals surface area contributed by atoms with Crippen molar-refractivity contribution in [3.8, 4) is 0 Å². The van der Waals surface area contributed by atoms with Gasteiger partial charge in [-0.1, -0.05) is 39.7 Å². The van der Waals surface area contributed by atoms with E-state index >= 15 is 0 Å². The van der Waals surface area contributed by atoms with Gasteiger partial charge in [0.05, 0.1) is 22.9 Å². The lowest BCUT2D eigenvalue weighted by Crippen LogP contribution is -2.37. The zero-order chi connectivity index (χ0) is 12.4. The molecule has 0 N–H and O–H groups in total. The summed E-state index contributed by atoms with van der Waals surface area (Å²) in [6.07, 6.45) is 1.32. The predicted molar refractivity (Wildman–Crippen MR) is 76.3 cm³/mol. The molecule has 1 heterocycles. The van der Waals surface area contributed by atoms with E-state index in [4.69, 9.17) is 16.3 Å². The summed E-state index contributed by atoms with van der Waals surface area (Å²) in [6, 6.07) is 6.45. The van der Waals surface area contributed by atoms with E-state index in [0.717, 1.165) is 29.1 Å². The van der Waals surface area contributed by atoms with Crippen LogP contribution in [0.15, 0.2) is 18.2 Å². The van der Waals surface area contributed by atoms with Gasteiger partial charge in [0.1, 0.15) is 0 Å². The second-order valence-electron chi connectivity index (χ2n) is 4.42. The molecule has 0 aliphatic carbocycles. The van der Waals surface area contributed by atoms with Crippen LogP contribution < -0.4 is 4.90 Å². The second kappa shape index (κ2) is 5.59. The van der Waals surface area contributed by atoms with E-state index in [-0.39, 0.29) is 6.10 Å². The van der Waals surface area contributed by atoms with Gasteiger partial charge in [-0.2, -0.15) is 0 Å². The third kappa shape index (κ3) is 2.61. The van der Waals surface area contributed by atoms with E-state index in [1.165, 1.54) is 5.56 Å². The molecule has 2 nitrogen and oxygen atoms in total. The minimum Gasteiger partial charge on any atom is -0.376 e. The lowest BCUT2D eigenvalue weighted by atomic mass is 10.1. The molecular formula is C13H17BrClNO. The fourth-order valence-electron chi connectivity index (χ4n) is 2.46. The van der Waals surface area contributed by atoms with Crippen molar-refractivity contribution in [2.45, 2.75) is 30.8 Å². The van der Waals surface area contributed by atoms with E-state index in [0.29, 0.717) is 6.04 Å². The summed E-state index contributed by atoms with van der Waals surface area (Å²) >= 11 is 9.84. The highest BCUT2D eigenvalue weighted by Gasteiger charge is 2.29. The first kappa shape index (κ1) is 13.2. The Morgan fingerprint density at radius 3 is 2.88 bits per heavy atom. The molecule has 0 aromatic heterocycles. The molecule has 1 aliphatic heterocycles. The fourth-order valence-corrected chi connectivity index (χ4v) is 3.24. The van der Waals surface area contributed by atoms with E-state index < -0.39 is 0 Å². The maximum Gasteiger partial charge on any atom is 0.0750 e.